The SMILES string of the molecule is CCCCCCCCCCCCCCCCOC(=O)C(C)(CCCCCCC)CCCCCCC. The molecular formula is C33H66O2. The van der Waals surface area contributed by atoms with Crippen LogP contribution in [-0.4, -0.2) is 12.6 Å². The number of hydrogen-bond donors (Lipinski definition) is 0. The third-order valence-corrected chi connectivity index (χ3v) is 7.89. The highest BCUT2D eigenvalue weighted by Gasteiger charge is 2.33. The van der Waals surface area contributed by atoms with Gasteiger partial charge in [-0.15, -0.1) is 0 Å². The van der Waals surface area contributed by atoms with Gasteiger partial charge in [-0.1, -0.05) is 168 Å². The van der Waals surface area contributed by atoms with E-state index in [0.29, 0.717) is 6.61 Å². The molecule has 0 aliphatic heterocycles. The second-order valence-electron chi connectivity index (χ2n) is 11.6. The number of ether oxygens (including phenoxy) is 1. The van der Waals surface area contributed by atoms with Gasteiger partial charge in [-0.25, -0.2) is 0 Å². The summed E-state index contributed by atoms with van der Waals surface area (Å²) in [5.74, 6) is 0.0816. The first kappa shape index (κ1) is 34.5. The van der Waals surface area contributed by atoms with Crippen LogP contribution < -0.4 is 0 Å². The molecule has 0 unspecified atom stereocenters. The number of carbonyl (C=O) groups excluding carboxylic acids is 1. The lowest BCUT2D eigenvalue weighted by atomic mass is 9.79. The normalized spacial score (nSPS) is 11.8. The van der Waals surface area contributed by atoms with Crippen LogP contribution in [0.2, 0.25) is 0 Å². The van der Waals surface area contributed by atoms with E-state index in [0.717, 1.165) is 19.3 Å². The zero-order chi connectivity index (χ0) is 25.9. The maximum Gasteiger partial charge on any atom is 0.311 e. The molecule has 35 heavy (non-hydrogen) atoms. The van der Waals surface area contributed by atoms with E-state index < -0.39 is 0 Å². The maximum absolute atomic E-state index is 13.0. The molecule has 0 bridgehead atoms. The van der Waals surface area contributed by atoms with Gasteiger partial charge < -0.3 is 4.74 Å². The average molecular weight is 495 g/mol. The molecule has 2 nitrogen and oxygen atoms in total. The fourth-order valence-corrected chi connectivity index (χ4v) is 5.20. The largest absolute Gasteiger partial charge is 0.465 e. The predicted molar refractivity (Wildman–Crippen MR) is 156 cm³/mol. The second kappa shape index (κ2) is 26.5. The summed E-state index contributed by atoms with van der Waals surface area (Å²) in [6.07, 6.45) is 33.6. The van der Waals surface area contributed by atoms with E-state index in [1.807, 2.05) is 0 Å². The third-order valence-electron chi connectivity index (χ3n) is 7.89. The van der Waals surface area contributed by atoms with Gasteiger partial charge in [0.15, 0.2) is 0 Å². The Labute approximate surface area is 222 Å². The van der Waals surface area contributed by atoms with E-state index in [-0.39, 0.29) is 11.4 Å². The van der Waals surface area contributed by atoms with Crippen LogP contribution in [0, 0.1) is 5.41 Å². The molecule has 0 heterocycles. The van der Waals surface area contributed by atoms with Crippen molar-refractivity contribution in [3.8, 4) is 0 Å². The van der Waals surface area contributed by atoms with Crippen LogP contribution in [0.1, 0.15) is 195 Å². The Hall–Kier alpha value is -0.530. The van der Waals surface area contributed by atoms with Gasteiger partial charge in [0.1, 0.15) is 0 Å². The first-order chi connectivity index (χ1) is 17.1. The lowest BCUT2D eigenvalue weighted by Gasteiger charge is -2.27. The van der Waals surface area contributed by atoms with Gasteiger partial charge in [-0.05, 0) is 26.2 Å². The van der Waals surface area contributed by atoms with Crippen LogP contribution in [0.15, 0.2) is 0 Å². The van der Waals surface area contributed by atoms with Gasteiger partial charge in [0.05, 0.1) is 12.0 Å². The molecule has 0 fully saturated rings. The zero-order valence-electron chi connectivity index (χ0n) is 24.9. The Morgan fingerprint density at radius 2 is 0.743 bits per heavy atom. The summed E-state index contributed by atoms with van der Waals surface area (Å²) in [7, 11) is 0. The summed E-state index contributed by atoms with van der Waals surface area (Å²) in [6.45, 7) is 9.61. The fourth-order valence-electron chi connectivity index (χ4n) is 5.20. The summed E-state index contributed by atoms with van der Waals surface area (Å²) < 4.78 is 5.83. The predicted octanol–water partition coefficient (Wildman–Crippen LogP) is 11.7. The number of rotatable bonds is 28. The molecule has 0 aromatic carbocycles. The summed E-state index contributed by atoms with van der Waals surface area (Å²) in [5, 5.41) is 0. The molecule has 2 heteroatoms. The monoisotopic (exact) mass is 495 g/mol. The molecule has 0 amide bonds. The highest BCUT2D eigenvalue weighted by atomic mass is 16.5. The summed E-state index contributed by atoms with van der Waals surface area (Å²) in [4.78, 5) is 13.0. The number of hydrogen-bond acceptors (Lipinski definition) is 2. The number of esters is 1. The minimum atomic E-state index is -0.269. The molecule has 0 aliphatic carbocycles. The van der Waals surface area contributed by atoms with Crippen molar-refractivity contribution in [3.05, 3.63) is 0 Å². The van der Waals surface area contributed by atoms with E-state index in [2.05, 4.69) is 27.7 Å². The first-order valence-electron chi connectivity index (χ1n) is 16.3. The van der Waals surface area contributed by atoms with Crippen LogP contribution in [0.3, 0.4) is 0 Å². The van der Waals surface area contributed by atoms with Crippen LogP contribution in [0.4, 0.5) is 0 Å². The number of unbranched alkanes of at least 4 members (excludes halogenated alkanes) is 21. The molecule has 0 atom stereocenters. The highest BCUT2D eigenvalue weighted by Crippen LogP contribution is 2.33. The van der Waals surface area contributed by atoms with Crippen molar-refractivity contribution in [2.45, 2.75) is 195 Å². The van der Waals surface area contributed by atoms with Crippen LogP contribution in [0.25, 0.3) is 0 Å². The van der Waals surface area contributed by atoms with Crippen molar-refractivity contribution >= 4 is 5.97 Å². The van der Waals surface area contributed by atoms with E-state index in [9.17, 15) is 4.79 Å². The second-order valence-corrected chi connectivity index (χ2v) is 11.6. The lowest BCUT2D eigenvalue weighted by molar-refractivity contribution is -0.156. The van der Waals surface area contributed by atoms with Crippen molar-refractivity contribution in [1.29, 1.82) is 0 Å². The average Bonchev–Trinajstić information content (AvgIpc) is 2.86. The van der Waals surface area contributed by atoms with Gasteiger partial charge in [-0.2, -0.15) is 0 Å². The molecule has 0 radical (unpaired) electrons. The Kier molecular flexibility index (Phi) is 26.1. The molecule has 0 spiro atoms. The van der Waals surface area contributed by atoms with Crippen molar-refractivity contribution in [1.82, 2.24) is 0 Å². The smallest absolute Gasteiger partial charge is 0.311 e. The van der Waals surface area contributed by atoms with Crippen LogP contribution >= 0.6 is 0 Å². The maximum atomic E-state index is 13.0. The first-order valence-corrected chi connectivity index (χ1v) is 16.3. The Bertz CT molecular complexity index is 417. The van der Waals surface area contributed by atoms with Crippen molar-refractivity contribution in [2.24, 2.45) is 5.41 Å². The summed E-state index contributed by atoms with van der Waals surface area (Å²) >= 11 is 0. The quantitative estimate of drug-likeness (QED) is 0.0798. The molecule has 210 valence electrons. The van der Waals surface area contributed by atoms with Crippen molar-refractivity contribution in [2.75, 3.05) is 6.61 Å². The Morgan fingerprint density at radius 1 is 0.457 bits per heavy atom. The molecule has 0 aromatic heterocycles. The van der Waals surface area contributed by atoms with Crippen LogP contribution in [0.5, 0.6) is 0 Å². The van der Waals surface area contributed by atoms with Crippen LogP contribution in [-0.2, 0) is 9.53 Å². The summed E-state index contributed by atoms with van der Waals surface area (Å²) in [6, 6.07) is 0. The topological polar surface area (TPSA) is 26.3 Å². The van der Waals surface area contributed by atoms with Gasteiger partial charge in [-0.3, -0.25) is 4.79 Å². The standard InChI is InChI=1S/C33H66O2/c1-5-8-11-14-15-16-17-18-19-20-21-22-25-28-31-35-32(34)33(4,29-26-23-12-9-6-2)30-27-24-13-10-7-3/h5-31H2,1-4H3. The van der Waals surface area contributed by atoms with E-state index >= 15 is 0 Å². The van der Waals surface area contributed by atoms with Crippen molar-refractivity contribution in [3.63, 3.8) is 0 Å². The molecule has 0 saturated heterocycles. The fraction of sp³-hybridized carbons (Fsp3) is 0.970. The molecule has 0 rings (SSSR count). The zero-order valence-corrected chi connectivity index (χ0v) is 24.9. The molecule has 0 aliphatic rings. The molecule has 0 N–H and O–H groups in total. The van der Waals surface area contributed by atoms with Gasteiger partial charge >= 0.3 is 5.97 Å². The van der Waals surface area contributed by atoms with Gasteiger partial charge in [0, 0.05) is 0 Å². The third kappa shape index (κ3) is 22.4. The highest BCUT2D eigenvalue weighted by molar-refractivity contribution is 5.76. The van der Waals surface area contributed by atoms with Gasteiger partial charge in [0.25, 0.3) is 0 Å². The van der Waals surface area contributed by atoms with E-state index in [1.54, 1.807) is 0 Å². The minimum Gasteiger partial charge on any atom is -0.465 e. The van der Waals surface area contributed by atoms with Crippen molar-refractivity contribution < 1.29 is 9.53 Å². The Morgan fingerprint density at radius 3 is 1.09 bits per heavy atom. The van der Waals surface area contributed by atoms with E-state index in [4.69, 9.17) is 4.74 Å². The lowest BCUT2D eigenvalue weighted by Crippen LogP contribution is -2.30. The number of carbonyl (C=O) groups is 1. The Balaban J connectivity index is 3.90. The minimum absolute atomic E-state index is 0.0816. The van der Waals surface area contributed by atoms with Gasteiger partial charge in [0.2, 0.25) is 0 Å². The summed E-state index contributed by atoms with van der Waals surface area (Å²) in [5.41, 5.74) is -0.269. The van der Waals surface area contributed by atoms with E-state index in [1.165, 1.54) is 148 Å². The molecule has 0 saturated carbocycles. The molecule has 0 aromatic rings. The molecular weight excluding hydrogens is 428 g/mol.